The molecule has 5 heterocycles. The zero-order chi connectivity index (χ0) is 45.5. The van der Waals surface area contributed by atoms with Crippen molar-refractivity contribution in [3.05, 3.63) is 120 Å². The van der Waals surface area contributed by atoms with Crippen molar-refractivity contribution < 1.29 is 36.7 Å². The molecule has 0 saturated carbocycles. The average molecular weight is 895 g/mol. The van der Waals surface area contributed by atoms with E-state index in [1.807, 2.05) is 4.90 Å². The number of piperazine rings is 1. The second-order valence-corrected chi connectivity index (χ2v) is 16.0. The van der Waals surface area contributed by atoms with Crippen LogP contribution in [0.4, 0.5) is 57.9 Å². The Morgan fingerprint density at radius 1 is 0.692 bits per heavy atom. The highest BCUT2D eigenvalue weighted by atomic mass is 19.1. The molecule has 20 heteroatoms. The zero-order valence-electron chi connectivity index (χ0n) is 35.1. The smallest absolute Gasteiger partial charge is 0.268 e. The van der Waals surface area contributed by atoms with Crippen molar-refractivity contribution in [2.75, 3.05) is 72.0 Å². The second kappa shape index (κ2) is 20.1. The van der Waals surface area contributed by atoms with E-state index < -0.39 is 47.0 Å². The molecule has 0 spiro atoms. The maximum atomic E-state index is 15.3. The van der Waals surface area contributed by atoms with E-state index in [0.29, 0.717) is 55.6 Å². The average Bonchev–Trinajstić information content (AvgIpc) is 3.29. The lowest BCUT2D eigenvalue weighted by Gasteiger charge is -2.37. The second-order valence-electron chi connectivity index (χ2n) is 16.0. The van der Waals surface area contributed by atoms with Gasteiger partial charge in [-0.05, 0) is 92.7 Å². The Balaban J connectivity index is 0.749. The number of halogens is 4. The molecule has 3 aliphatic heterocycles. The number of piperidine rings is 2. The number of carbonyl (C=O) groups excluding carboxylic acids is 4. The summed E-state index contributed by atoms with van der Waals surface area (Å²) in [5.74, 6) is -4.13. The van der Waals surface area contributed by atoms with Gasteiger partial charge in [0.05, 0.1) is 29.2 Å². The lowest BCUT2D eigenvalue weighted by molar-refractivity contribution is -0.133. The van der Waals surface area contributed by atoms with Gasteiger partial charge in [0.25, 0.3) is 11.8 Å². The maximum Gasteiger partial charge on any atom is 0.268 e. The normalized spacial score (nSPS) is 17.3. The Bertz CT molecular complexity index is 2550. The van der Waals surface area contributed by atoms with E-state index in [0.717, 1.165) is 51.2 Å². The minimum Gasteiger partial charge on any atom is -0.372 e. The van der Waals surface area contributed by atoms with Gasteiger partial charge in [0.15, 0.2) is 23.3 Å². The number of nitrogens with zero attached hydrogens (tertiary/aromatic N) is 6. The van der Waals surface area contributed by atoms with Crippen molar-refractivity contribution in [2.24, 2.45) is 5.92 Å². The fourth-order valence-electron chi connectivity index (χ4n) is 7.90. The third-order valence-corrected chi connectivity index (χ3v) is 11.5. The molecular formula is C45H46F4N12O4. The summed E-state index contributed by atoms with van der Waals surface area (Å²) in [6, 6.07) is 16.5. The Morgan fingerprint density at radius 3 is 2.12 bits per heavy atom. The molecule has 3 fully saturated rings. The maximum absolute atomic E-state index is 15.3. The van der Waals surface area contributed by atoms with Crippen LogP contribution >= 0.6 is 0 Å². The van der Waals surface area contributed by atoms with E-state index in [4.69, 9.17) is 0 Å². The third kappa shape index (κ3) is 11.3. The number of amides is 4. The number of rotatable bonds is 14. The van der Waals surface area contributed by atoms with E-state index in [-0.39, 0.29) is 46.7 Å². The van der Waals surface area contributed by atoms with Gasteiger partial charge in [-0.1, -0.05) is 12.1 Å². The molecule has 4 amide bonds. The molecule has 338 valence electrons. The summed E-state index contributed by atoms with van der Waals surface area (Å²) in [6.07, 6.45) is 5.69. The van der Waals surface area contributed by atoms with Gasteiger partial charge in [0.2, 0.25) is 17.8 Å². The zero-order valence-corrected chi connectivity index (χ0v) is 35.1. The summed E-state index contributed by atoms with van der Waals surface area (Å²) in [5, 5.41) is 15.3. The largest absolute Gasteiger partial charge is 0.372 e. The molecule has 3 aromatic carbocycles. The topological polar surface area (TPSA) is 189 Å². The molecule has 6 N–H and O–H groups in total. The number of hydrogen-bond acceptors (Lipinski definition) is 13. The molecule has 0 bridgehead atoms. The summed E-state index contributed by atoms with van der Waals surface area (Å²) in [4.78, 5) is 65.7. The van der Waals surface area contributed by atoms with Crippen LogP contribution in [0.2, 0.25) is 0 Å². The van der Waals surface area contributed by atoms with Gasteiger partial charge in [-0.2, -0.15) is 4.98 Å². The van der Waals surface area contributed by atoms with Gasteiger partial charge >= 0.3 is 0 Å². The molecule has 65 heavy (non-hydrogen) atoms. The van der Waals surface area contributed by atoms with Gasteiger partial charge in [0, 0.05) is 68.8 Å². The molecule has 3 saturated heterocycles. The van der Waals surface area contributed by atoms with Crippen LogP contribution in [0, 0.1) is 29.2 Å². The molecule has 0 aliphatic carbocycles. The molecule has 2 aromatic heterocycles. The van der Waals surface area contributed by atoms with E-state index in [2.05, 4.69) is 51.9 Å². The van der Waals surface area contributed by atoms with Crippen LogP contribution in [0.15, 0.2) is 85.2 Å². The van der Waals surface area contributed by atoms with Crippen molar-refractivity contribution in [3.63, 3.8) is 0 Å². The summed E-state index contributed by atoms with van der Waals surface area (Å²) >= 11 is 0. The highest BCUT2D eigenvalue weighted by Gasteiger charge is 2.28. The highest BCUT2D eigenvalue weighted by Crippen LogP contribution is 2.26. The van der Waals surface area contributed by atoms with Crippen molar-refractivity contribution in [1.82, 2.24) is 35.6 Å². The van der Waals surface area contributed by atoms with Crippen molar-refractivity contribution in [2.45, 2.75) is 38.1 Å². The first-order valence-corrected chi connectivity index (χ1v) is 21.2. The number of anilines is 7. The molecule has 1 atom stereocenters. The molecule has 5 aromatic rings. The number of aromatic nitrogens is 3. The minimum atomic E-state index is -0.776. The molecular weight excluding hydrogens is 849 g/mol. The van der Waals surface area contributed by atoms with Gasteiger partial charge in [-0.15, -0.1) is 0 Å². The van der Waals surface area contributed by atoms with Crippen LogP contribution in [0.25, 0.3) is 0 Å². The Hall–Kier alpha value is -7.19. The number of imide groups is 1. The molecule has 8 rings (SSSR count). The third-order valence-electron chi connectivity index (χ3n) is 11.5. The molecule has 1 unspecified atom stereocenters. The summed E-state index contributed by atoms with van der Waals surface area (Å²) in [5.41, 5.74) is 3.98. The summed E-state index contributed by atoms with van der Waals surface area (Å²) in [6.45, 7) is 4.84. The number of benzene rings is 3. The summed E-state index contributed by atoms with van der Waals surface area (Å²) in [7, 11) is 0. The number of nitrogens with one attached hydrogen (secondary N) is 6. The first kappa shape index (κ1) is 44.4. The van der Waals surface area contributed by atoms with Crippen molar-refractivity contribution in [3.8, 4) is 0 Å². The predicted molar refractivity (Wildman–Crippen MR) is 235 cm³/mol. The van der Waals surface area contributed by atoms with Crippen LogP contribution in [0.5, 0.6) is 0 Å². The Labute approximate surface area is 371 Å². The SMILES string of the molecule is O=C1CCC(Nc2cnc(N3CCN(CCC4CCN(NC(=O)c5ccc(Nc6ncc(F)c(Nc7ccc(NC(=O)c8ccccc8F)cc7)n6)cc5F)CC4)CC3)c(F)c2)C(=O)N1. The summed E-state index contributed by atoms with van der Waals surface area (Å²) < 4.78 is 59.1. The van der Waals surface area contributed by atoms with E-state index in [1.54, 1.807) is 35.3 Å². The highest BCUT2D eigenvalue weighted by molar-refractivity contribution is 6.04. The van der Waals surface area contributed by atoms with Crippen LogP contribution in [-0.2, 0) is 9.59 Å². The Kier molecular flexibility index (Phi) is 13.7. The standard InChI is InChI=1S/C45H46F4N12O4/c46-34-4-2-1-3-32(34)42(63)54-29-7-5-28(6-8-29)53-40-37(49)26-51-45(57-40)55-30-9-10-33(35(47)23-30)43(64)58-61-17-14-27(15-18-61)13-16-59-19-21-60(22-20-59)41-36(48)24-31(25-50-41)52-38-11-12-39(62)56-44(38)65/h1-10,23-27,38,52H,11-22H2,(H,54,63)(H,58,64)(H,56,62,65)(H2,51,53,55,57). The molecule has 0 radical (unpaired) electrons. The Morgan fingerprint density at radius 2 is 1.40 bits per heavy atom. The van der Waals surface area contributed by atoms with Gasteiger partial charge < -0.3 is 26.2 Å². The van der Waals surface area contributed by atoms with E-state index in [9.17, 15) is 28.0 Å². The predicted octanol–water partition coefficient (Wildman–Crippen LogP) is 5.95. The van der Waals surface area contributed by atoms with Gasteiger partial charge in [-0.3, -0.25) is 34.8 Å². The van der Waals surface area contributed by atoms with E-state index in [1.165, 1.54) is 42.6 Å². The van der Waals surface area contributed by atoms with Gasteiger partial charge in [-0.25, -0.2) is 32.5 Å². The van der Waals surface area contributed by atoms with Crippen LogP contribution in [0.1, 0.15) is 52.8 Å². The first-order chi connectivity index (χ1) is 31.4. The fraction of sp³-hybridized carbons (Fsp3) is 0.311. The first-order valence-electron chi connectivity index (χ1n) is 21.2. The lowest BCUT2D eigenvalue weighted by atomic mass is 9.94. The van der Waals surface area contributed by atoms with Crippen LogP contribution < -0.4 is 36.9 Å². The number of pyridine rings is 1. The number of hydrazine groups is 1. The monoisotopic (exact) mass is 894 g/mol. The van der Waals surface area contributed by atoms with Crippen molar-refractivity contribution >= 4 is 64.0 Å². The van der Waals surface area contributed by atoms with Crippen LogP contribution in [-0.4, -0.2) is 100 Å². The van der Waals surface area contributed by atoms with Crippen LogP contribution in [0.3, 0.4) is 0 Å². The minimum absolute atomic E-state index is 0.0395. The number of carbonyl (C=O) groups is 4. The van der Waals surface area contributed by atoms with Gasteiger partial charge in [0.1, 0.15) is 17.7 Å². The molecule has 3 aliphatic rings. The van der Waals surface area contributed by atoms with E-state index >= 15 is 8.78 Å². The fourth-order valence-corrected chi connectivity index (χ4v) is 7.90. The quantitative estimate of drug-likeness (QED) is 0.0567. The van der Waals surface area contributed by atoms with Crippen molar-refractivity contribution in [1.29, 1.82) is 0 Å². The molecule has 16 nitrogen and oxygen atoms in total. The number of hydrogen-bond donors (Lipinski definition) is 6. The lowest BCUT2D eigenvalue weighted by Crippen LogP contribution is -2.48.